The van der Waals surface area contributed by atoms with Crippen LogP contribution in [-0.2, 0) is 4.74 Å². The fraction of sp³-hybridized carbons (Fsp3) is 0.615. The van der Waals surface area contributed by atoms with E-state index in [1.165, 1.54) is 12.8 Å². The quantitative estimate of drug-likeness (QED) is 0.819. The third-order valence-corrected chi connectivity index (χ3v) is 3.15. The second-order valence-corrected chi connectivity index (χ2v) is 4.44. The lowest BCUT2D eigenvalue weighted by Gasteiger charge is -2.24. The van der Waals surface area contributed by atoms with E-state index in [1.54, 1.807) is 19.5 Å². The minimum Gasteiger partial charge on any atom is -0.495 e. The van der Waals surface area contributed by atoms with Crippen LogP contribution in [0.4, 0.5) is 0 Å². The first kappa shape index (κ1) is 12.3. The average Bonchev–Trinajstić information content (AvgIpc) is 3.19. The van der Waals surface area contributed by atoms with E-state index in [0.717, 1.165) is 11.3 Å². The Bertz CT molecular complexity index is 366. The van der Waals surface area contributed by atoms with E-state index in [9.17, 15) is 0 Å². The van der Waals surface area contributed by atoms with Gasteiger partial charge in [-0.2, -0.15) is 0 Å². The Balaban J connectivity index is 2.12. The molecular formula is C13H20N2O2. The van der Waals surface area contributed by atoms with Crippen molar-refractivity contribution < 1.29 is 9.47 Å². The normalized spacial score (nSPS) is 18.8. The molecule has 1 aliphatic rings. The first-order chi connectivity index (χ1) is 8.26. The minimum atomic E-state index is -0.120. The summed E-state index contributed by atoms with van der Waals surface area (Å²) in [7, 11) is 1.63. The molecule has 0 amide bonds. The molecular weight excluding hydrogens is 216 g/mol. The Kier molecular flexibility index (Phi) is 3.97. The van der Waals surface area contributed by atoms with E-state index in [0.29, 0.717) is 12.5 Å². The summed E-state index contributed by atoms with van der Waals surface area (Å²) in [6, 6.07) is 1.82. The number of nitrogens with zero attached hydrogens (tertiary/aromatic N) is 1. The van der Waals surface area contributed by atoms with Crippen molar-refractivity contribution in [3.05, 3.63) is 24.0 Å². The summed E-state index contributed by atoms with van der Waals surface area (Å²) < 4.78 is 10.9. The van der Waals surface area contributed by atoms with Gasteiger partial charge in [-0.15, -0.1) is 0 Å². The molecule has 1 aromatic heterocycles. The van der Waals surface area contributed by atoms with Crippen molar-refractivity contribution in [2.75, 3.05) is 13.7 Å². The highest BCUT2D eigenvalue weighted by Crippen LogP contribution is 2.39. The first-order valence-corrected chi connectivity index (χ1v) is 6.12. The van der Waals surface area contributed by atoms with Gasteiger partial charge < -0.3 is 15.2 Å². The number of hydrogen-bond acceptors (Lipinski definition) is 4. The molecule has 2 N–H and O–H groups in total. The molecule has 0 spiro atoms. The van der Waals surface area contributed by atoms with Crippen molar-refractivity contribution >= 4 is 0 Å². The largest absolute Gasteiger partial charge is 0.495 e. The third-order valence-electron chi connectivity index (χ3n) is 3.15. The standard InChI is InChI=1S/C13H20N2O2/c1-3-17-13(9-4-5-9)12(14)10-6-11(16-2)8-15-7-10/h6-9,12-13H,3-5,14H2,1-2H3. The fourth-order valence-electron chi connectivity index (χ4n) is 2.07. The molecule has 1 saturated carbocycles. The van der Waals surface area contributed by atoms with Crippen molar-refractivity contribution in [3.63, 3.8) is 0 Å². The summed E-state index contributed by atoms with van der Waals surface area (Å²) in [5, 5.41) is 0. The monoisotopic (exact) mass is 236 g/mol. The minimum absolute atomic E-state index is 0.105. The van der Waals surface area contributed by atoms with Crippen LogP contribution in [0.25, 0.3) is 0 Å². The van der Waals surface area contributed by atoms with Gasteiger partial charge in [0.1, 0.15) is 5.75 Å². The zero-order valence-electron chi connectivity index (χ0n) is 10.4. The van der Waals surface area contributed by atoms with Crippen LogP contribution in [0.1, 0.15) is 31.4 Å². The fourth-order valence-corrected chi connectivity index (χ4v) is 2.07. The van der Waals surface area contributed by atoms with Crippen LogP contribution in [0, 0.1) is 5.92 Å². The Hall–Kier alpha value is -1.13. The lowest BCUT2D eigenvalue weighted by atomic mass is 10.0. The highest BCUT2D eigenvalue weighted by atomic mass is 16.5. The van der Waals surface area contributed by atoms with Crippen LogP contribution >= 0.6 is 0 Å². The molecule has 2 rings (SSSR count). The van der Waals surface area contributed by atoms with E-state index >= 15 is 0 Å². The molecule has 0 aromatic carbocycles. The van der Waals surface area contributed by atoms with Gasteiger partial charge in [-0.05, 0) is 37.3 Å². The van der Waals surface area contributed by atoms with Gasteiger partial charge in [-0.3, -0.25) is 4.98 Å². The van der Waals surface area contributed by atoms with E-state index in [2.05, 4.69) is 4.98 Å². The van der Waals surface area contributed by atoms with Gasteiger partial charge in [-0.1, -0.05) is 0 Å². The van der Waals surface area contributed by atoms with Gasteiger partial charge in [0, 0.05) is 12.8 Å². The Morgan fingerprint density at radius 1 is 1.47 bits per heavy atom. The molecule has 2 atom stereocenters. The van der Waals surface area contributed by atoms with E-state index in [-0.39, 0.29) is 12.1 Å². The van der Waals surface area contributed by atoms with Gasteiger partial charge in [0.05, 0.1) is 25.5 Å². The number of pyridine rings is 1. The number of rotatable bonds is 6. The molecule has 94 valence electrons. The number of ether oxygens (including phenoxy) is 2. The van der Waals surface area contributed by atoms with Crippen molar-refractivity contribution in [3.8, 4) is 5.75 Å². The highest BCUT2D eigenvalue weighted by molar-refractivity contribution is 5.26. The smallest absolute Gasteiger partial charge is 0.137 e. The van der Waals surface area contributed by atoms with Gasteiger partial charge >= 0.3 is 0 Å². The van der Waals surface area contributed by atoms with Crippen molar-refractivity contribution in [1.29, 1.82) is 0 Å². The molecule has 1 aliphatic carbocycles. The van der Waals surface area contributed by atoms with E-state index in [4.69, 9.17) is 15.2 Å². The van der Waals surface area contributed by atoms with Crippen molar-refractivity contribution in [2.45, 2.75) is 31.9 Å². The summed E-state index contributed by atoms with van der Waals surface area (Å²) in [5.74, 6) is 1.35. The lowest BCUT2D eigenvalue weighted by molar-refractivity contribution is 0.0282. The van der Waals surface area contributed by atoms with E-state index < -0.39 is 0 Å². The van der Waals surface area contributed by atoms with Gasteiger partial charge in [0.25, 0.3) is 0 Å². The summed E-state index contributed by atoms with van der Waals surface area (Å²) in [4.78, 5) is 4.14. The number of hydrogen-bond donors (Lipinski definition) is 1. The average molecular weight is 236 g/mol. The van der Waals surface area contributed by atoms with Crippen LogP contribution in [0.5, 0.6) is 5.75 Å². The molecule has 0 saturated heterocycles. The summed E-state index contributed by atoms with van der Waals surface area (Å²) in [6.07, 6.45) is 6.02. The van der Waals surface area contributed by atoms with Crippen LogP contribution in [0.3, 0.4) is 0 Å². The van der Waals surface area contributed by atoms with Gasteiger partial charge in [0.15, 0.2) is 0 Å². The first-order valence-electron chi connectivity index (χ1n) is 6.12. The summed E-state index contributed by atoms with van der Waals surface area (Å²) >= 11 is 0. The third kappa shape index (κ3) is 2.96. The van der Waals surface area contributed by atoms with Crippen LogP contribution in [0.15, 0.2) is 18.5 Å². The van der Waals surface area contributed by atoms with Crippen molar-refractivity contribution in [2.24, 2.45) is 11.7 Å². The Morgan fingerprint density at radius 2 is 2.24 bits per heavy atom. The maximum Gasteiger partial charge on any atom is 0.137 e. The molecule has 0 aliphatic heterocycles. The summed E-state index contributed by atoms with van der Waals surface area (Å²) in [6.45, 7) is 2.71. The molecule has 1 heterocycles. The molecule has 17 heavy (non-hydrogen) atoms. The Morgan fingerprint density at radius 3 is 2.82 bits per heavy atom. The molecule has 0 radical (unpaired) electrons. The lowest BCUT2D eigenvalue weighted by Crippen LogP contribution is -2.31. The molecule has 4 heteroatoms. The SMILES string of the molecule is CCOC(C1CC1)C(N)c1cncc(OC)c1. The zero-order chi connectivity index (χ0) is 12.3. The van der Waals surface area contributed by atoms with Crippen LogP contribution < -0.4 is 10.5 Å². The Labute approximate surface area is 102 Å². The molecule has 4 nitrogen and oxygen atoms in total. The second-order valence-electron chi connectivity index (χ2n) is 4.44. The van der Waals surface area contributed by atoms with E-state index in [1.807, 2.05) is 13.0 Å². The van der Waals surface area contributed by atoms with Gasteiger partial charge in [-0.25, -0.2) is 0 Å². The molecule has 0 bridgehead atoms. The zero-order valence-corrected chi connectivity index (χ0v) is 10.4. The topological polar surface area (TPSA) is 57.4 Å². The second kappa shape index (κ2) is 5.47. The number of methoxy groups -OCH3 is 1. The van der Waals surface area contributed by atoms with Crippen molar-refractivity contribution in [1.82, 2.24) is 4.98 Å². The molecule has 1 fully saturated rings. The molecule has 1 aromatic rings. The number of aromatic nitrogens is 1. The predicted molar refractivity (Wildman–Crippen MR) is 65.9 cm³/mol. The predicted octanol–water partition coefficient (Wildman–Crippen LogP) is 1.91. The highest BCUT2D eigenvalue weighted by Gasteiger charge is 2.36. The number of nitrogens with two attached hydrogens (primary N) is 1. The maximum absolute atomic E-state index is 6.27. The van der Waals surface area contributed by atoms with Crippen LogP contribution in [0.2, 0.25) is 0 Å². The van der Waals surface area contributed by atoms with Crippen LogP contribution in [-0.4, -0.2) is 24.8 Å². The molecule has 2 unspecified atom stereocenters. The summed E-state index contributed by atoms with van der Waals surface area (Å²) in [5.41, 5.74) is 7.25. The maximum atomic E-state index is 6.27. The van der Waals surface area contributed by atoms with Gasteiger partial charge in [0.2, 0.25) is 0 Å².